The molecule has 3 atom stereocenters. The maximum atomic E-state index is 12.6. The van der Waals surface area contributed by atoms with Crippen LogP contribution in [0, 0.1) is 11.8 Å². The molecule has 0 radical (unpaired) electrons. The summed E-state index contributed by atoms with van der Waals surface area (Å²) in [5.74, 6) is 1.19. The van der Waals surface area contributed by atoms with Gasteiger partial charge >= 0.3 is 5.97 Å². The van der Waals surface area contributed by atoms with E-state index in [2.05, 4.69) is 31.0 Å². The van der Waals surface area contributed by atoms with Crippen molar-refractivity contribution in [3.8, 4) is 17.2 Å². The molecule has 170 valence electrons. The van der Waals surface area contributed by atoms with Crippen LogP contribution in [0.15, 0.2) is 54.7 Å². The molecule has 6 heteroatoms. The number of ether oxygens (including phenoxy) is 3. The number of aliphatic carboxylic acids is 1. The molecule has 1 fully saturated rings. The number of benzene rings is 2. The average molecular weight is 438 g/mol. The molecule has 1 N–H and O–H groups in total. The van der Waals surface area contributed by atoms with E-state index in [1.165, 1.54) is 0 Å². The molecule has 0 unspecified atom stereocenters. The quantitative estimate of drug-likeness (QED) is 0.611. The highest BCUT2D eigenvalue weighted by Crippen LogP contribution is 2.48. The second kappa shape index (κ2) is 9.55. The number of fused-ring (bicyclic) bond motifs is 1. The van der Waals surface area contributed by atoms with Gasteiger partial charge in [0.25, 0.3) is 0 Å². The lowest BCUT2D eigenvalue weighted by atomic mass is 9.83. The van der Waals surface area contributed by atoms with Crippen molar-refractivity contribution < 1.29 is 24.1 Å². The lowest BCUT2D eigenvalue weighted by Gasteiger charge is -2.26. The van der Waals surface area contributed by atoms with Crippen LogP contribution in [0.1, 0.15) is 49.8 Å². The van der Waals surface area contributed by atoms with Crippen LogP contribution < -0.4 is 14.2 Å². The summed E-state index contributed by atoms with van der Waals surface area (Å²) in [5, 5.41) is 10.3. The molecule has 2 aliphatic heterocycles. The molecule has 6 nitrogen and oxygen atoms in total. The van der Waals surface area contributed by atoms with E-state index in [1.54, 1.807) is 7.11 Å². The SMILES string of the molecule is COc1ccc([C@@H]2[C@@H](C(=O)O)[C@@H](c3ccc4c(c3)OCO4)CN2C=CCCC(C)C)cc1. The van der Waals surface area contributed by atoms with Gasteiger partial charge < -0.3 is 24.2 Å². The zero-order valence-electron chi connectivity index (χ0n) is 18.9. The summed E-state index contributed by atoms with van der Waals surface area (Å²) in [7, 11) is 1.63. The summed E-state index contributed by atoms with van der Waals surface area (Å²) in [6.07, 6.45) is 6.32. The van der Waals surface area contributed by atoms with Crippen LogP contribution in [-0.4, -0.2) is 36.4 Å². The number of carboxylic acid groups (broad SMARTS) is 1. The van der Waals surface area contributed by atoms with E-state index in [1.807, 2.05) is 42.5 Å². The van der Waals surface area contributed by atoms with E-state index in [4.69, 9.17) is 14.2 Å². The van der Waals surface area contributed by atoms with Crippen molar-refractivity contribution >= 4 is 5.97 Å². The first-order chi connectivity index (χ1) is 15.5. The molecule has 0 spiro atoms. The Morgan fingerprint density at radius 1 is 1.16 bits per heavy atom. The van der Waals surface area contributed by atoms with Crippen LogP contribution in [0.4, 0.5) is 0 Å². The Balaban J connectivity index is 1.68. The first kappa shape index (κ1) is 22.1. The normalized spacial score (nSPS) is 22.1. The number of allylic oxidation sites excluding steroid dienone is 1. The Morgan fingerprint density at radius 3 is 2.56 bits per heavy atom. The van der Waals surface area contributed by atoms with Gasteiger partial charge in [-0.05, 0) is 60.4 Å². The molecule has 0 saturated carbocycles. The van der Waals surface area contributed by atoms with Gasteiger partial charge in [-0.3, -0.25) is 4.79 Å². The summed E-state index contributed by atoms with van der Waals surface area (Å²) in [6, 6.07) is 13.2. The fraction of sp³-hybridized carbons (Fsp3) is 0.423. The molecular weight excluding hydrogens is 406 g/mol. The highest BCUT2D eigenvalue weighted by Gasteiger charge is 2.46. The van der Waals surface area contributed by atoms with Crippen molar-refractivity contribution in [3.63, 3.8) is 0 Å². The van der Waals surface area contributed by atoms with E-state index < -0.39 is 11.9 Å². The summed E-state index contributed by atoms with van der Waals surface area (Å²) in [4.78, 5) is 14.7. The van der Waals surface area contributed by atoms with Gasteiger partial charge in [0.2, 0.25) is 6.79 Å². The number of hydrogen-bond acceptors (Lipinski definition) is 5. The highest BCUT2D eigenvalue weighted by atomic mass is 16.7. The number of carboxylic acids is 1. The van der Waals surface area contributed by atoms with Crippen molar-refractivity contribution in [3.05, 3.63) is 65.9 Å². The Bertz CT molecular complexity index is 969. The minimum absolute atomic E-state index is 0.177. The third-order valence-electron chi connectivity index (χ3n) is 6.31. The smallest absolute Gasteiger partial charge is 0.309 e. The third kappa shape index (κ3) is 4.54. The van der Waals surface area contributed by atoms with Crippen LogP contribution in [0.3, 0.4) is 0 Å². The maximum absolute atomic E-state index is 12.6. The highest BCUT2D eigenvalue weighted by molar-refractivity contribution is 5.74. The fourth-order valence-corrected chi connectivity index (χ4v) is 4.64. The minimum atomic E-state index is -0.799. The van der Waals surface area contributed by atoms with Gasteiger partial charge in [-0.15, -0.1) is 0 Å². The van der Waals surface area contributed by atoms with Gasteiger partial charge in [-0.1, -0.05) is 38.1 Å². The van der Waals surface area contributed by atoms with E-state index in [9.17, 15) is 9.90 Å². The second-order valence-corrected chi connectivity index (χ2v) is 8.85. The van der Waals surface area contributed by atoms with Crippen molar-refractivity contribution in [1.82, 2.24) is 4.90 Å². The molecule has 0 amide bonds. The number of methoxy groups -OCH3 is 1. The fourth-order valence-electron chi connectivity index (χ4n) is 4.64. The predicted molar refractivity (Wildman–Crippen MR) is 122 cm³/mol. The summed E-state index contributed by atoms with van der Waals surface area (Å²) in [6.45, 7) is 5.23. The van der Waals surface area contributed by atoms with Crippen molar-refractivity contribution in [2.45, 2.75) is 38.6 Å². The van der Waals surface area contributed by atoms with Gasteiger partial charge in [-0.25, -0.2) is 0 Å². The third-order valence-corrected chi connectivity index (χ3v) is 6.31. The lowest BCUT2D eigenvalue weighted by molar-refractivity contribution is -0.143. The molecule has 32 heavy (non-hydrogen) atoms. The topological polar surface area (TPSA) is 68.2 Å². The number of likely N-dealkylation sites (tertiary alicyclic amines) is 1. The molecule has 4 rings (SSSR count). The average Bonchev–Trinajstić information content (AvgIpc) is 3.40. The van der Waals surface area contributed by atoms with E-state index in [-0.39, 0.29) is 18.8 Å². The van der Waals surface area contributed by atoms with E-state index in [0.29, 0.717) is 24.0 Å². The first-order valence-corrected chi connectivity index (χ1v) is 11.2. The van der Waals surface area contributed by atoms with Crippen LogP contribution in [-0.2, 0) is 4.79 Å². The predicted octanol–water partition coefficient (Wildman–Crippen LogP) is 5.22. The summed E-state index contributed by atoms with van der Waals surface area (Å²) >= 11 is 0. The van der Waals surface area contributed by atoms with Crippen LogP contribution in [0.25, 0.3) is 0 Å². The Labute approximate surface area is 189 Å². The molecule has 2 aliphatic rings. The molecule has 0 aliphatic carbocycles. The Kier molecular flexibility index (Phi) is 6.58. The second-order valence-electron chi connectivity index (χ2n) is 8.85. The number of rotatable bonds is 8. The molecule has 1 saturated heterocycles. The molecule has 2 heterocycles. The zero-order chi connectivity index (χ0) is 22.7. The van der Waals surface area contributed by atoms with Gasteiger partial charge in [0.15, 0.2) is 11.5 Å². The van der Waals surface area contributed by atoms with Gasteiger partial charge in [0.05, 0.1) is 19.1 Å². The van der Waals surface area contributed by atoms with Gasteiger partial charge in [0.1, 0.15) is 5.75 Å². The first-order valence-electron chi connectivity index (χ1n) is 11.2. The van der Waals surface area contributed by atoms with Gasteiger partial charge in [-0.2, -0.15) is 0 Å². The van der Waals surface area contributed by atoms with E-state index >= 15 is 0 Å². The largest absolute Gasteiger partial charge is 0.497 e. The van der Waals surface area contributed by atoms with E-state index in [0.717, 1.165) is 29.7 Å². The number of carbonyl (C=O) groups is 1. The maximum Gasteiger partial charge on any atom is 0.309 e. The zero-order valence-corrected chi connectivity index (χ0v) is 18.9. The number of hydrogen-bond donors (Lipinski definition) is 1. The molecule has 2 aromatic carbocycles. The minimum Gasteiger partial charge on any atom is -0.497 e. The van der Waals surface area contributed by atoms with Crippen molar-refractivity contribution in [2.75, 3.05) is 20.4 Å². The van der Waals surface area contributed by atoms with Crippen molar-refractivity contribution in [1.29, 1.82) is 0 Å². The molecule has 0 bridgehead atoms. The Morgan fingerprint density at radius 2 is 1.88 bits per heavy atom. The molecule has 2 aromatic rings. The van der Waals surface area contributed by atoms with Crippen LogP contribution >= 0.6 is 0 Å². The summed E-state index contributed by atoms with van der Waals surface area (Å²) in [5.41, 5.74) is 1.92. The summed E-state index contributed by atoms with van der Waals surface area (Å²) < 4.78 is 16.3. The monoisotopic (exact) mass is 437 g/mol. The van der Waals surface area contributed by atoms with Crippen molar-refractivity contribution in [2.24, 2.45) is 11.8 Å². The molecule has 0 aromatic heterocycles. The standard InChI is InChI=1S/C26H31NO5/c1-17(2)6-4-5-13-27-15-21(19-9-12-22-23(14-19)32-16-31-22)24(26(28)29)25(27)18-7-10-20(30-3)11-8-18/h5,7-14,17,21,24-25H,4,6,15-16H2,1-3H3,(H,28,29)/t21-,24+,25-/m1/s1. The Hall–Kier alpha value is -3.15. The van der Waals surface area contributed by atoms with Gasteiger partial charge in [0, 0.05) is 12.5 Å². The molecular formula is C26H31NO5. The van der Waals surface area contributed by atoms with Crippen LogP contribution in [0.5, 0.6) is 17.2 Å². The van der Waals surface area contributed by atoms with Crippen LogP contribution in [0.2, 0.25) is 0 Å². The lowest BCUT2D eigenvalue weighted by Crippen LogP contribution is -2.26. The number of nitrogens with zero attached hydrogens (tertiary/aromatic N) is 1.